The minimum absolute atomic E-state index is 0.296. The van der Waals surface area contributed by atoms with Crippen LogP contribution in [0.5, 0.6) is 0 Å². The molecule has 0 aromatic heterocycles. The van der Waals surface area contributed by atoms with Gasteiger partial charge in [-0.1, -0.05) is 0 Å². The van der Waals surface area contributed by atoms with Crippen molar-refractivity contribution in [1.29, 1.82) is 0 Å². The maximum Gasteiger partial charge on any atom is 0.466 e. The zero-order chi connectivity index (χ0) is 25.3. The number of rotatable bonds is 8. The fourth-order valence-electron chi connectivity index (χ4n) is 0.928. The SMILES string of the molecule is CC(=O)O.O=C(O)CC(O)(CC(=O)O)C(=O)O.O=C(O)CCC(=O)O.O=P(O)(O)O. The standard InChI is InChI=1S/C6H8O7.C4H6O4.C2H4O2.H3O4P/c7-3(8)1-6(13,5(11)12)2-4(9)10;5-3(6)1-2-4(7)8;1-2(3)4;1-5(2,3)4/h13H,1-2H2,(H,7,8)(H,9,10)(H,11,12);1-2H2,(H,5,6)(H,7,8);1H3,(H,3,4);(H3,1,2,3,4). The van der Waals surface area contributed by atoms with Crippen LogP contribution in [0.4, 0.5) is 0 Å². The van der Waals surface area contributed by atoms with Gasteiger partial charge in [0.15, 0.2) is 5.60 Å². The average Bonchev–Trinajstić information content (AvgIpc) is 2.41. The molecule has 176 valence electrons. The van der Waals surface area contributed by atoms with Gasteiger partial charge in [-0.2, -0.15) is 0 Å². The van der Waals surface area contributed by atoms with Gasteiger partial charge in [-0.05, 0) is 0 Å². The molecule has 0 amide bonds. The molecule has 0 atom stereocenters. The van der Waals surface area contributed by atoms with E-state index in [2.05, 4.69) is 0 Å². The lowest BCUT2D eigenvalue weighted by atomic mass is 9.96. The molecule has 18 heteroatoms. The van der Waals surface area contributed by atoms with E-state index in [1.807, 2.05) is 0 Å². The molecular weight excluding hydrogens is 447 g/mol. The lowest BCUT2D eigenvalue weighted by molar-refractivity contribution is -0.170. The fourth-order valence-corrected chi connectivity index (χ4v) is 0.928. The molecule has 0 saturated heterocycles. The Morgan fingerprint density at radius 3 is 0.967 bits per heavy atom. The minimum atomic E-state index is -4.64. The third-order valence-corrected chi connectivity index (χ3v) is 1.84. The number of carboxylic acid groups (broad SMARTS) is 6. The van der Waals surface area contributed by atoms with Gasteiger partial charge in [0.2, 0.25) is 0 Å². The third kappa shape index (κ3) is 44.4. The molecule has 0 unspecified atom stereocenters. The van der Waals surface area contributed by atoms with Crippen LogP contribution in [0.15, 0.2) is 0 Å². The van der Waals surface area contributed by atoms with Crippen LogP contribution < -0.4 is 0 Å². The highest BCUT2D eigenvalue weighted by Gasteiger charge is 2.40. The second-order valence-corrected chi connectivity index (χ2v) is 5.82. The Balaban J connectivity index is -0.000000169. The molecule has 0 heterocycles. The number of aliphatic hydroxyl groups is 1. The summed E-state index contributed by atoms with van der Waals surface area (Å²) >= 11 is 0. The van der Waals surface area contributed by atoms with Crippen LogP contribution >= 0.6 is 7.82 Å². The molecule has 0 radical (unpaired) electrons. The van der Waals surface area contributed by atoms with Gasteiger partial charge in [0.05, 0.1) is 25.7 Å². The Labute approximate surface area is 166 Å². The van der Waals surface area contributed by atoms with Gasteiger partial charge in [-0.25, -0.2) is 9.36 Å². The van der Waals surface area contributed by atoms with E-state index in [9.17, 15) is 24.0 Å². The molecule has 0 rings (SSSR count). The first-order valence-corrected chi connectivity index (χ1v) is 8.51. The molecule has 17 nitrogen and oxygen atoms in total. The van der Waals surface area contributed by atoms with Crippen LogP contribution in [0.3, 0.4) is 0 Å². The molecule has 0 aliphatic heterocycles. The summed E-state index contributed by atoms with van der Waals surface area (Å²) in [6.07, 6.45) is -2.88. The summed E-state index contributed by atoms with van der Waals surface area (Å²) in [5, 5.41) is 57.0. The van der Waals surface area contributed by atoms with Crippen molar-refractivity contribution in [1.82, 2.24) is 0 Å². The van der Waals surface area contributed by atoms with Crippen LogP contribution in [0, 0.1) is 0 Å². The fraction of sp³-hybridized carbons (Fsp3) is 0.500. The highest BCUT2D eigenvalue weighted by atomic mass is 31.2. The summed E-state index contributed by atoms with van der Waals surface area (Å²) in [6, 6.07) is 0. The van der Waals surface area contributed by atoms with Crippen molar-refractivity contribution < 1.29 is 83.8 Å². The summed E-state index contributed by atoms with van der Waals surface area (Å²) in [7, 11) is -4.64. The van der Waals surface area contributed by atoms with Crippen LogP contribution in [0.25, 0.3) is 0 Å². The first kappa shape index (κ1) is 34.4. The molecule has 0 aromatic carbocycles. The van der Waals surface area contributed by atoms with Crippen LogP contribution in [0.2, 0.25) is 0 Å². The Hall–Kier alpha value is -3.11. The van der Waals surface area contributed by atoms with Gasteiger partial charge in [0.1, 0.15) is 0 Å². The van der Waals surface area contributed by atoms with Crippen LogP contribution in [-0.4, -0.2) is 91.8 Å². The summed E-state index contributed by atoms with van der Waals surface area (Å²) in [6.45, 7) is 1.08. The molecule has 10 N–H and O–H groups in total. The first-order chi connectivity index (χ1) is 13.1. The number of carboxylic acids is 6. The predicted molar refractivity (Wildman–Crippen MR) is 89.2 cm³/mol. The zero-order valence-electron chi connectivity index (χ0n) is 15.1. The number of carbonyl (C=O) groups is 6. The third-order valence-electron chi connectivity index (χ3n) is 1.84. The van der Waals surface area contributed by atoms with Gasteiger partial charge >= 0.3 is 37.7 Å². The van der Waals surface area contributed by atoms with Crippen molar-refractivity contribution in [2.24, 2.45) is 0 Å². The van der Waals surface area contributed by atoms with Gasteiger partial charge in [0, 0.05) is 6.92 Å². The quantitative estimate of drug-likeness (QED) is 0.170. The number of phosphoric acid groups is 1. The van der Waals surface area contributed by atoms with E-state index in [1.165, 1.54) is 0 Å². The smallest absolute Gasteiger partial charge is 0.466 e. The van der Waals surface area contributed by atoms with Crippen molar-refractivity contribution in [2.45, 2.75) is 38.2 Å². The molecule has 0 aliphatic rings. The molecule has 0 saturated carbocycles. The Morgan fingerprint density at radius 1 is 0.667 bits per heavy atom. The van der Waals surface area contributed by atoms with E-state index >= 15 is 0 Å². The highest BCUT2D eigenvalue weighted by molar-refractivity contribution is 7.45. The maximum absolute atomic E-state index is 10.3. The van der Waals surface area contributed by atoms with E-state index in [1.54, 1.807) is 0 Å². The summed E-state index contributed by atoms with van der Waals surface area (Å²) < 4.78 is 8.88. The van der Waals surface area contributed by atoms with E-state index in [0.717, 1.165) is 6.92 Å². The van der Waals surface area contributed by atoms with Crippen molar-refractivity contribution >= 4 is 43.6 Å². The lowest BCUT2D eigenvalue weighted by Crippen LogP contribution is -2.42. The molecular formula is C12H21O17P. The second kappa shape index (κ2) is 16.8. The van der Waals surface area contributed by atoms with E-state index in [-0.39, 0.29) is 12.8 Å². The van der Waals surface area contributed by atoms with Crippen LogP contribution in [-0.2, 0) is 33.3 Å². The monoisotopic (exact) mass is 468 g/mol. The molecule has 0 aliphatic carbocycles. The molecule has 0 bridgehead atoms. The lowest BCUT2D eigenvalue weighted by Gasteiger charge is -2.18. The number of hydrogen-bond acceptors (Lipinski definition) is 8. The van der Waals surface area contributed by atoms with Crippen molar-refractivity contribution in [3.63, 3.8) is 0 Å². The Kier molecular flexibility index (Phi) is 19.3. The topological polar surface area (TPSA) is 322 Å². The van der Waals surface area contributed by atoms with Gasteiger partial charge < -0.3 is 50.4 Å². The Morgan fingerprint density at radius 2 is 0.867 bits per heavy atom. The molecule has 0 fully saturated rings. The zero-order valence-corrected chi connectivity index (χ0v) is 16.0. The largest absolute Gasteiger partial charge is 0.481 e. The Bertz CT molecular complexity index is 605. The van der Waals surface area contributed by atoms with E-state index in [4.69, 9.17) is 59.8 Å². The summed E-state index contributed by atoms with van der Waals surface area (Å²) in [5.74, 6) is -8.01. The van der Waals surface area contributed by atoms with Crippen molar-refractivity contribution in [2.75, 3.05) is 0 Å². The van der Waals surface area contributed by atoms with E-state index in [0.29, 0.717) is 0 Å². The van der Waals surface area contributed by atoms with Gasteiger partial charge in [-0.15, -0.1) is 0 Å². The number of aliphatic carboxylic acids is 6. The molecule has 0 aromatic rings. The first-order valence-electron chi connectivity index (χ1n) is 6.94. The minimum Gasteiger partial charge on any atom is -0.481 e. The second-order valence-electron chi connectivity index (χ2n) is 4.80. The van der Waals surface area contributed by atoms with Gasteiger partial charge in [0.25, 0.3) is 5.97 Å². The highest BCUT2D eigenvalue weighted by Crippen LogP contribution is 2.25. The summed E-state index contributed by atoms with van der Waals surface area (Å²) in [5.41, 5.74) is -2.74. The summed E-state index contributed by atoms with van der Waals surface area (Å²) in [4.78, 5) is 80.3. The average molecular weight is 468 g/mol. The van der Waals surface area contributed by atoms with Crippen molar-refractivity contribution in [3.05, 3.63) is 0 Å². The van der Waals surface area contributed by atoms with Gasteiger partial charge in [-0.3, -0.25) is 24.0 Å². The molecule has 0 spiro atoms. The predicted octanol–water partition coefficient (Wildman–Crippen LogP) is -2.15. The molecule has 30 heavy (non-hydrogen) atoms. The van der Waals surface area contributed by atoms with E-state index < -0.39 is 62.1 Å². The van der Waals surface area contributed by atoms with Crippen molar-refractivity contribution in [3.8, 4) is 0 Å². The normalized spacial score (nSPS) is 9.77. The van der Waals surface area contributed by atoms with Crippen LogP contribution in [0.1, 0.15) is 32.6 Å². The number of hydrogen-bond donors (Lipinski definition) is 10. The maximum atomic E-state index is 10.3.